The van der Waals surface area contributed by atoms with Crippen LogP contribution in [0.1, 0.15) is 11.3 Å². The molecule has 0 N–H and O–H groups in total. The minimum absolute atomic E-state index is 0.132. The number of alkyl halides is 2. The van der Waals surface area contributed by atoms with Crippen molar-refractivity contribution >= 4 is 0 Å². The predicted molar refractivity (Wildman–Crippen MR) is 78.2 cm³/mol. The molecule has 0 amide bonds. The summed E-state index contributed by atoms with van der Waals surface area (Å²) in [5.74, 6) is 4.78. The molecule has 120 valence electrons. The van der Waals surface area contributed by atoms with Gasteiger partial charge in [0.2, 0.25) is 0 Å². The summed E-state index contributed by atoms with van der Waals surface area (Å²) in [6, 6.07) is 7.68. The molecular weight excluding hydrogens is 321 g/mol. The van der Waals surface area contributed by atoms with Crippen molar-refractivity contribution in [3.05, 3.63) is 66.0 Å². The van der Waals surface area contributed by atoms with E-state index in [1.54, 1.807) is 24.4 Å². The third-order valence-electron chi connectivity index (χ3n) is 2.82. The van der Waals surface area contributed by atoms with Crippen molar-refractivity contribution in [1.82, 2.24) is 19.7 Å². The van der Waals surface area contributed by atoms with Crippen molar-refractivity contribution in [2.45, 2.75) is 6.61 Å². The number of ether oxygens (including phenoxy) is 1. The minimum Gasteiger partial charge on any atom is -0.414 e. The Kier molecular flexibility index (Phi) is 4.43. The van der Waals surface area contributed by atoms with E-state index in [2.05, 4.69) is 31.6 Å². The van der Waals surface area contributed by atoms with Crippen LogP contribution in [0, 0.1) is 17.7 Å². The minimum atomic E-state index is -3.05. The molecule has 3 aromatic heterocycles. The van der Waals surface area contributed by atoms with E-state index in [0.29, 0.717) is 5.69 Å². The highest BCUT2D eigenvalue weighted by molar-refractivity contribution is 5.45. The second kappa shape index (κ2) is 6.83. The molecule has 3 aromatic rings. The van der Waals surface area contributed by atoms with Crippen LogP contribution in [0.25, 0.3) is 5.82 Å². The maximum atomic E-state index is 12.9. The van der Waals surface area contributed by atoms with E-state index in [9.17, 15) is 13.2 Å². The molecule has 5 nitrogen and oxygen atoms in total. The molecule has 0 saturated carbocycles. The van der Waals surface area contributed by atoms with E-state index >= 15 is 0 Å². The fourth-order valence-corrected chi connectivity index (χ4v) is 1.80. The Morgan fingerprint density at radius 3 is 2.62 bits per heavy atom. The van der Waals surface area contributed by atoms with Gasteiger partial charge >= 0.3 is 6.61 Å². The van der Waals surface area contributed by atoms with Gasteiger partial charge in [-0.3, -0.25) is 0 Å². The van der Waals surface area contributed by atoms with Crippen molar-refractivity contribution in [2.24, 2.45) is 0 Å². The zero-order valence-electron chi connectivity index (χ0n) is 12.0. The summed E-state index contributed by atoms with van der Waals surface area (Å²) in [7, 11) is 0. The highest BCUT2D eigenvalue weighted by Crippen LogP contribution is 2.19. The van der Waals surface area contributed by atoms with E-state index in [0.717, 1.165) is 6.20 Å². The lowest BCUT2D eigenvalue weighted by Crippen LogP contribution is -2.04. The lowest BCUT2D eigenvalue weighted by Gasteiger charge is -2.00. The van der Waals surface area contributed by atoms with Gasteiger partial charge in [-0.15, -0.1) is 5.10 Å². The summed E-state index contributed by atoms with van der Waals surface area (Å²) in [5, 5.41) is 3.87. The molecule has 0 spiro atoms. The molecule has 0 aliphatic heterocycles. The fourth-order valence-electron chi connectivity index (χ4n) is 1.80. The first-order valence-electron chi connectivity index (χ1n) is 6.71. The van der Waals surface area contributed by atoms with Gasteiger partial charge in [-0.2, -0.15) is 8.78 Å². The molecule has 0 aromatic carbocycles. The fraction of sp³-hybridized carbons (Fsp3) is 0.0625. The van der Waals surface area contributed by atoms with Crippen molar-refractivity contribution < 1.29 is 17.9 Å². The average molecular weight is 330 g/mol. The third-order valence-corrected chi connectivity index (χ3v) is 2.82. The molecule has 0 saturated heterocycles. The molecule has 0 radical (unpaired) electrons. The zero-order valence-corrected chi connectivity index (χ0v) is 12.0. The molecule has 8 heteroatoms. The molecule has 0 aliphatic carbocycles. The number of aromatic nitrogens is 4. The molecule has 24 heavy (non-hydrogen) atoms. The van der Waals surface area contributed by atoms with Crippen molar-refractivity contribution in [1.29, 1.82) is 0 Å². The molecule has 0 fully saturated rings. The number of nitrogens with zero attached hydrogens (tertiary/aromatic N) is 4. The van der Waals surface area contributed by atoms with E-state index in [-0.39, 0.29) is 17.3 Å². The maximum absolute atomic E-state index is 12.9. The van der Waals surface area contributed by atoms with Crippen LogP contribution in [0.4, 0.5) is 13.2 Å². The maximum Gasteiger partial charge on any atom is 0.388 e. The first-order valence-corrected chi connectivity index (χ1v) is 6.71. The average Bonchev–Trinajstić information content (AvgIpc) is 2.96. The normalized spacial score (nSPS) is 10.3. The Bertz CT molecular complexity index is 883. The SMILES string of the molecule is Fc1ccc(-n2cc(C#Cc3ccccn3)c(OC(F)F)n2)nc1. The van der Waals surface area contributed by atoms with Gasteiger partial charge < -0.3 is 4.74 Å². The lowest BCUT2D eigenvalue weighted by molar-refractivity contribution is -0.0532. The molecule has 0 aliphatic rings. The monoisotopic (exact) mass is 330 g/mol. The summed E-state index contributed by atoms with van der Waals surface area (Å²) in [6.45, 7) is -3.05. The summed E-state index contributed by atoms with van der Waals surface area (Å²) in [6.07, 6.45) is 3.92. The van der Waals surface area contributed by atoms with Gasteiger partial charge in [0.05, 0.1) is 12.4 Å². The van der Waals surface area contributed by atoms with Gasteiger partial charge in [0.15, 0.2) is 5.82 Å². The van der Waals surface area contributed by atoms with Crippen molar-refractivity contribution in [3.8, 4) is 23.5 Å². The highest BCUT2D eigenvalue weighted by atomic mass is 19.3. The molecular formula is C16H9F3N4O. The Hall–Kier alpha value is -3.34. The first kappa shape index (κ1) is 15.6. The molecule has 3 heterocycles. The number of hydrogen-bond donors (Lipinski definition) is 0. The van der Waals surface area contributed by atoms with Crippen molar-refractivity contribution in [2.75, 3.05) is 0 Å². The number of pyridine rings is 2. The van der Waals surface area contributed by atoms with Gasteiger partial charge in [0.1, 0.15) is 17.1 Å². The topological polar surface area (TPSA) is 52.8 Å². The molecule has 0 unspecified atom stereocenters. The second-order valence-electron chi connectivity index (χ2n) is 4.47. The molecule has 0 bridgehead atoms. The van der Waals surface area contributed by atoms with Crippen LogP contribution in [0.3, 0.4) is 0 Å². The smallest absolute Gasteiger partial charge is 0.388 e. The summed E-state index contributed by atoms with van der Waals surface area (Å²) >= 11 is 0. The van der Waals surface area contributed by atoms with Crippen LogP contribution in [0.15, 0.2) is 48.9 Å². The van der Waals surface area contributed by atoms with Gasteiger partial charge in [-0.25, -0.2) is 19.0 Å². The second-order valence-corrected chi connectivity index (χ2v) is 4.47. The summed E-state index contributed by atoms with van der Waals surface area (Å²) < 4.78 is 43.5. The van der Waals surface area contributed by atoms with Crippen LogP contribution in [0.5, 0.6) is 5.88 Å². The Morgan fingerprint density at radius 2 is 1.96 bits per heavy atom. The van der Waals surface area contributed by atoms with E-state index in [4.69, 9.17) is 0 Å². The lowest BCUT2D eigenvalue weighted by atomic mass is 10.3. The summed E-state index contributed by atoms with van der Waals surface area (Å²) in [5.41, 5.74) is 0.597. The van der Waals surface area contributed by atoms with E-state index in [1.165, 1.54) is 23.0 Å². The molecule has 3 rings (SSSR count). The standard InChI is InChI=1S/C16H9F3N4O/c17-12-5-7-14(21-9-12)23-10-11(15(22-23)24-16(18)19)4-6-13-3-1-2-8-20-13/h1-3,5,7-10,16H. The van der Waals surface area contributed by atoms with Gasteiger partial charge in [0, 0.05) is 6.20 Å². The number of halogens is 3. The predicted octanol–water partition coefficient (Wildman–Crippen LogP) is 2.80. The summed E-state index contributed by atoms with van der Waals surface area (Å²) in [4.78, 5) is 7.84. The largest absolute Gasteiger partial charge is 0.414 e. The molecule has 0 atom stereocenters. The van der Waals surface area contributed by atoms with Crippen LogP contribution in [-0.2, 0) is 0 Å². The highest BCUT2D eigenvalue weighted by Gasteiger charge is 2.15. The Labute approximate surface area is 134 Å². The van der Waals surface area contributed by atoms with E-state index < -0.39 is 12.4 Å². The van der Waals surface area contributed by atoms with Crippen LogP contribution >= 0.6 is 0 Å². The van der Waals surface area contributed by atoms with Crippen molar-refractivity contribution in [3.63, 3.8) is 0 Å². The zero-order chi connectivity index (χ0) is 16.9. The number of hydrogen-bond acceptors (Lipinski definition) is 4. The van der Waals surface area contributed by atoms with E-state index in [1.807, 2.05) is 0 Å². The van der Waals surface area contributed by atoms with Crippen LogP contribution < -0.4 is 4.74 Å². The first-order chi connectivity index (χ1) is 11.6. The van der Waals surface area contributed by atoms with Crippen LogP contribution in [-0.4, -0.2) is 26.4 Å². The van der Waals surface area contributed by atoms with Crippen LogP contribution in [0.2, 0.25) is 0 Å². The van der Waals surface area contributed by atoms with Gasteiger partial charge in [-0.1, -0.05) is 12.0 Å². The Morgan fingerprint density at radius 1 is 1.08 bits per heavy atom. The number of rotatable bonds is 3. The quantitative estimate of drug-likeness (QED) is 0.693. The van der Waals surface area contributed by atoms with Gasteiger partial charge in [-0.05, 0) is 30.2 Å². The third kappa shape index (κ3) is 3.70. The van der Waals surface area contributed by atoms with Gasteiger partial charge in [0.25, 0.3) is 5.88 Å². The Balaban J connectivity index is 1.98.